The van der Waals surface area contributed by atoms with E-state index in [4.69, 9.17) is 4.74 Å². The van der Waals surface area contributed by atoms with Crippen LogP contribution in [0.5, 0.6) is 5.75 Å². The Morgan fingerprint density at radius 1 is 0.821 bits per heavy atom. The van der Waals surface area contributed by atoms with Gasteiger partial charge in [0.05, 0.1) is 6.61 Å². The molecule has 3 rings (SSSR count). The summed E-state index contributed by atoms with van der Waals surface area (Å²) in [4.78, 5) is 36.4. The molecule has 2 aromatic carbocycles. The van der Waals surface area contributed by atoms with Crippen molar-refractivity contribution < 1.29 is 19.1 Å². The summed E-state index contributed by atoms with van der Waals surface area (Å²) < 4.78 is 5.38. The average Bonchev–Trinajstić information content (AvgIpc) is 3.47. The lowest BCUT2D eigenvalue weighted by Crippen LogP contribution is -2.35. The summed E-state index contributed by atoms with van der Waals surface area (Å²) >= 11 is 0. The van der Waals surface area contributed by atoms with E-state index in [9.17, 15) is 14.4 Å². The molecule has 7 nitrogen and oxygen atoms in total. The highest BCUT2D eigenvalue weighted by atomic mass is 16.5. The molecule has 0 aromatic heterocycles. The van der Waals surface area contributed by atoms with Crippen LogP contribution >= 0.6 is 0 Å². The van der Waals surface area contributed by atoms with E-state index in [1.807, 2.05) is 6.92 Å². The van der Waals surface area contributed by atoms with Crippen LogP contribution < -0.4 is 20.7 Å². The number of hydrogen-bond acceptors (Lipinski definition) is 4. The second kappa shape index (κ2) is 8.12. The monoisotopic (exact) mass is 381 g/mol. The van der Waals surface area contributed by atoms with Crippen LogP contribution in [-0.4, -0.2) is 24.3 Å². The number of amides is 3. The minimum Gasteiger partial charge on any atom is -0.494 e. The molecule has 0 saturated heterocycles. The van der Waals surface area contributed by atoms with Gasteiger partial charge in [-0.15, -0.1) is 0 Å². The molecular formula is C21H23N3O4. The van der Waals surface area contributed by atoms with Gasteiger partial charge in [0, 0.05) is 24.0 Å². The van der Waals surface area contributed by atoms with Crippen molar-refractivity contribution in [1.82, 2.24) is 0 Å². The molecule has 1 fully saturated rings. The van der Waals surface area contributed by atoms with Gasteiger partial charge in [-0.2, -0.15) is 0 Å². The minimum atomic E-state index is -1.05. The molecule has 1 aliphatic carbocycles. The molecule has 0 heterocycles. The summed E-state index contributed by atoms with van der Waals surface area (Å²) in [6.45, 7) is 3.90. The van der Waals surface area contributed by atoms with Gasteiger partial charge in [-0.05, 0) is 68.3 Å². The van der Waals surface area contributed by atoms with Gasteiger partial charge in [-0.3, -0.25) is 14.4 Å². The average molecular weight is 381 g/mol. The molecule has 3 amide bonds. The predicted octanol–water partition coefficient (Wildman–Crippen LogP) is 3.40. The first-order chi connectivity index (χ1) is 13.4. The fourth-order valence-corrected chi connectivity index (χ4v) is 2.83. The lowest BCUT2D eigenvalue weighted by molar-refractivity contribution is -0.131. The number of nitrogens with one attached hydrogen (secondary N) is 3. The van der Waals surface area contributed by atoms with Crippen molar-refractivity contribution in [3.8, 4) is 5.75 Å². The fraction of sp³-hybridized carbons (Fsp3) is 0.286. The third-order valence-corrected chi connectivity index (χ3v) is 4.51. The van der Waals surface area contributed by atoms with E-state index < -0.39 is 5.41 Å². The number of ether oxygens (including phenoxy) is 1. The van der Waals surface area contributed by atoms with Crippen molar-refractivity contribution in [2.24, 2.45) is 5.41 Å². The van der Waals surface area contributed by atoms with Crippen LogP contribution in [0, 0.1) is 5.41 Å². The molecule has 1 aliphatic rings. The van der Waals surface area contributed by atoms with Crippen LogP contribution in [0.1, 0.15) is 26.7 Å². The maximum Gasteiger partial charge on any atom is 0.240 e. The molecule has 2 aromatic rings. The summed E-state index contributed by atoms with van der Waals surface area (Å²) in [5.41, 5.74) is 0.779. The molecule has 146 valence electrons. The summed E-state index contributed by atoms with van der Waals surface area (Å²) in [6.07, 6.45) is 1.01. The van der Waals surface area contributed by atoms with E-state index in [1.165, 1.54) is 6.92 Å². The predicted molar refractivity (Wildman–Crippen MR) is 107 cm³/mol. The Labute approximate surface area is 163 Å². The van der Waals surface area contributed by atoms with Crippen molar-refractivity contribution in [2.75, 3.05) is 22.6 Å². The van der Waals surface area contributed by atoms with Crippen LogP contribution in [0.2, 0.25) is 0 Å². The quantitative estimate of drug-likeness (QED) is 0.641. The van der Waals surface area contributed by atoms with Gasteiger partial charge < -0.3 is 20.7 Å². The Morgan fingerprint density at radius 2 is 1.25 bits per heavy atom. The molecule has 0 aliphatic heterocycles. The topological polar surface area (TPSA) is 96.5 Å². The van der Waals surface area contributed by atoms with Gasteiger partial charge in [0.1, 0.15) is 11.2 Å². The summed E-state index contributed by atoms with van der Waals surface area (Å²) in [5, 5.41) is 8.25. The highest BCUT2D eigenvalue weighted by Crippen LogP contribution is 2.47. The zero-order valence-corrected chi connectivity index (χ0v) is 15.9. The lowest BCUT2D eigenvalue weighted by atomic mass is 10.0. The second-order valence-electron chi connectivity index (χ2n) is 6.71. The first-order valence-corrected chi connectivity index (χ1v) is 9.16. The summed E-state index contributed by atoms with van der Waals surface area (Å²) in [6, 6.07) is 13.8. The lowest BCUT2D eigenvalue weighted by Gasteiger charge is -2.16. The van der Waals surface area contributed by atoms with Gasteiger partial charge in [0.25, 0.3) is 0 Å². The molecule has 0 radical (unpaired) electrons. The summed E-state index contributed by atoms with van der Waals surface area (Å²) in [5.74, 6) is -0.0889. The SMILES string of the molecule is CCOc1ccc(NC(=O)C2(C(=O)Nc3ccc(NC(C)=O)cc3)CC2)cc1. The van der Waals surface area contributed by atoms with Gasteiger partial charge in [0.15, 0.2) is 0 Å². The van der Waals surface area contributed by atoms with Crippen LogP contribution in [0.4, 0.5) is 17.1 Å². The number of carbonyl (C=O) groups is 3. The Bertz CT molecular complexity index is 872. The molecule has 0 spiro atoms. The van der Waals surface area contributed by atoms with E-state index in [0.717, 1.165) is 5.75 Å². The molecule has 0 unspecified atom stereocenters. The maximum atomic E-state index is 12.7. The van der Waals surface area contributed by atoms with Crippen molar-refractivity contribution >= 4 is 34.8 Å². The van der Waals surface area contributed by atoms with Crippen molar-refractivity contribution in [3.05, 3.63) is 48.5 Å². The fourth-order valence-electron chi connectivity index (χ4n) is 2.83. The third kappa shape index (κ3) is 4.49. The number of rotatable bonds is 7. The first kappa shape index (κ1) is 19.4. The second-order valence-corrected chi connectivity index (χ2v) is 6.71. The number of carbonyl (C=O) groups excluding carboxylic acids is 3. The van der Waals surface area contributed by atoms with Crippen LogP contribution in [0.3, 0.4) is 0 Å². The highest BCUT2D eigenvalue weighted by molar-refractivity contribution is 6.16. The van der Waals surface area contributed by atoms with Gasteiger partial charge in [-0.25, -0.2) is 0 Å². The number of benzene rings is 2. The zero-order valence-electron chi connectivity index (χ0n) is 15.9. The van der Waals surface area contributed by atoms with E-state index in [-0.39, 0.29) is 17.7 Å². The normalized spacial score (nSPS) is 13.9. The van der Waals surface area contributed by atoms with Crippen LogP contribution in [0.25, 0.3) is 0 Å². The van der Waals surface area contributed by atoms with Crippen LogP contribution in [-0.2, 0) is 14.4 Å². The first-order valence-electron chi connectivity index (χ1n) is 9.16. The van der Waals surface area contributed by atoms with Crippen LogP contribution in [0.15, 0.2) is 48.5 Å². The Balaban J connectivity index is 1.61. The molecule has 3 N–H and O–H groups in total. The number of hydrogen-bond donors (Lipinski definition) is 3. The minimum absolute atomic E-state index is 0.167. The van der Waals surface area contributed by atoms with Gasteiger partial charge >= 0.3 is 0 Å². The molecule has 0 bridgehead atoms. The van der Waals surface area contributed by atoms with Crippen molar-refractivity contribution in [2.45, 2.75) is 26.7 Å². The van der Waals surface area contributed by atoms with Gasteiger partial charge in [0.2, 0.25) is 17.7 Å². The molecule has 0 atom stereocenters. The van der Waals surface area contributed by atoms with E-state index >= 15 is 0 Å². The Hall–Kier alpha value is -3.35. The Kier molecular flexibility index (Phi) is 5.63. The standard InChI is InChI=1S/C21H23N3O4/c1-3-28-18-10-8-17(9-11-18)24-20(27)21(12-13-21)19(26)23-16-6-4-15(5-7-16)22-14(2)25/h4-11H,3,12-13H2,1-2H3,(H,22,25)(H,23,26)(H,24,27). The molecule has 1 saturated carbocycles. The Morgan fingerprint density at radius 3 is 1.64 bits per heavy atom. The van der Waals surface area contributed by atoms with Gasteiger partial charge in [-0.1, -0.05) is 0 Å². The van der Waals surface area contributed by atoms with Crippen molar-refractivity contribution in [3.63, 3.8) is 0 Å². The molecular weight excluding hydrogens is 358 g/mol. The number of anilines is 3. The molecule has 28 heavy (non-hydrogen) atoms. The van der Waals surface area contributed by atoms with E-state index in [2.05, 4.69) is 16.0 Å². The van der Waals surface area contributed by atoms with E-state index in [0.29, 0.717) is 36.5 Å². The smallest absolute Gasteiger partial charge is 0.240 e. The molecule has 7 heteroatoms. The highest BCUT2D eigenvalue weighted by Gasteiger charge is 2.56. The zero-order chi connectivity index (χ0) is 20.1. The third-order valence-electron chi connectivity index (χ3n) is 4.51. The maximum absolute atomic E-state index is 12.7. The van der Waals surface area contributed by atoms with E-state index in [1.54, 1.807) is 48.5 Å². The van der Waals surface area contributed by atoms with Crippen molar-refractivity contribution in [1.29, 1.82) is 0 Å². The summed E-state index contributed by atoms with van der Waals surface area (Å²) in [7, 11) is 0. The largest absolute Gasteiger partial charge is 0.494 e.